The van der Waals surface area contributed by atoms with Crippen LogP contribution in [0.15, 0.2) is 55.1 Å². The largest absolute Gasteiger partial charge is 0.439 e. The van der Waals surface area contributed by atoms with Crippen LogP contribution in [0.4, 0.5) is 5.13 Å². The molecule has 3 aromatic rings. The Kier molecular flexibility index (Phi) is 5.44. The first-order valence-corrected chi connectivity index (χ1v) is 10.9. The van der Waals surface area contributed by atoms with Crippen molar-refractivity contribution in [2.45, 2.75) is 28.2 Å². The summed E-state index contributed by atoms with van der Waals surface area (Å²) in [7, 11) is -3.82. The molecule has 1 aromatic carbocycles. The van der Waals surface area contributed by atoms with E-state index in [9.17, 15) is 13.2 Å². The molecule has 7 nitrogen and oxygen atoms in total. The number of aryl methyl sites for hydroxylation is 1. The summed E-state index contributed by atoms with van der Waals surface area (Å²) in [4.78, 5) is 12.3. The Balaban J connectivity index is 1.78. The third-order valence-electron chi connectivity index (χ3n) is 3.30. The van der Waals surface area contributed by atoms with Crippen LogP contribution in [0.3, 0.4) is 0 Å². The summed E-state index contributed by atoms with van der Waals surface area (Å²) in [5.74, 6) is 0.149. The number of nitrogens with zero attached hydrogens (tertiary/aromatic N) is 2. The topological polar surface area (TPSA) is 102 Å². The van der Waals surface area contributed by atoms with Crippen LogP contribution in [0.5, 0.6) is 0 Å². The Hall–Kier alpha value is -2.17. The number of benzene rings is 1. The molecule has 0 spiro atoms. The number of sulfone groups is 1. The molecule has 0 unspecified atom stereocenters. The van der Waals surface area contributed by atoms with Gasteiger partial charge in [0.1, 0.15) is 0 Å². The normalized spacial score (nSPS) is 11.5. The van der Waals surface area contributed by atoms with Crippen LogP contribution in [0, 0.1) is 6.92 Å². The number of amides is 1. The van der Waals surface area contributed by atoms with Crippen LogP contribution in [-0.4, -0.2) is 30.3 Å². The molecule has 2 heterocycles. The molecule has 1 N–H and O–H groups in total. The Bertz CT molecular complexity index is 1020. The molecule has 0 saturated heterocycles. The van der Waals surface area contributed by atoms with Crippen molar-refractivity contribution in [3.8, 4) is 0 Å². The number of furan rings is 1. The molecule has 0 aliphatic carbocycles. The number of rotatable bonds is 6. The van der Waals surface area contributed by atoms with E-state index < -0.39 is 15.7 Å². The van der Waals surface area contributed by atoms with Gasteiger partial charge in [0.15, 0.2) is 10.1 Å². The predicted molar refractivity (Wildman–Crippen MR) is 99.6 cm³/mol. The van der Waals surface area contributed by atoms with Crippen LogP contribution in [0.25, 0.3) is 0 Å². The molecule has 0 aliphatic heterocycles. The minimum Gasteiger partial charge on any atom is -0.439 e. The molecular formula is C16H15N3O4S3. The molecule has 0 saturated carbocycles. The van der Waals surface area contributed by atoms with Gasteiger partial charge >= 0.3 is 0 Å². The van der Waals surface area contributed by atoms with E-state index in [0.717, 1.165) is 15.7 Å². The fraction of sp³-hybridized carbons (Fsp3) is 0.188. The Morgan fingerprint density at radius 3 is 2.62 bits per heavy atom. The van der Waals surface area contributed by atoms with Gasteiger partial charge in [0.2, 0.25) is 20.1 Å². The first kappa shape index (κ1) is 18.6. The maximum atomic E-state index is 12.6. The van der Waals surface area contributed by atoms with Gasteiger partial charge < -0.3 is 4.42 Å². The van der Waals surface area contributed by atoms with Crippen LogP contribution in [-0.2, 0) is 9.84 Å². The van der Waals surface area contributed by atoms with Gasteiger partial charge in [-0.3, -0.25) is 10.1 Å². The zero-order valence-electron chi connectivity index (χ0n) is 13.9. The highest BCUT2D eigenvalue weighted by Gasteiger charge is 2.24. The second-order valence-corrected chi connectivity index (χ2v) is 9.56. The highest BCUT2D eigenvalue weighted by atomic mass is 32.2. The van der Waals surface area contributed by atoms with E-state index in [1.807, 2.05) is 13.8 Å². The predicted octanol–water partition coefficient (Wildman–Crippen LogP) is 3.64. The minimum absolute atomic E-state index is 0.106. The van der Waals surface area contributed by atoms with Gasteiger partial charge in [-0.2, -0.15) is 0 Å². The third-order valence-corrected chi connectivity index (χ3v) is 6.79. The first-order chi connectivity index (χ1) is 12.4. The van der Waals surface area contributed by atoms with E-state index in [2.05, 4.69) is 15.5 Å². The third kappa shape index (κ3) is 3.97. The van der Waals surface area contributed by atoms with Crippen LogP contribution >= 0.6 is 23.1 Å². The Labute approximate surface area is 158 Å². The lowest BCUT2D eigenvalue weighted by Gasteiger charge is -2.02. The van der Waals surface area contributed by atoms with Gasteiger partial charge in [-0.25, -0.2) is 8.42 Å². The number of hydrogen-bond acceptors (Lipinski definition) is 8. The standard InChI is InChI=1S/C16H15N3O4S3/c1-3-24-16-19-18-15(25-16)17-14(20)12-8-9-13(23-12)26(21,22)11-6-4-10(2)5-7-11/h4-9H,3H2,1-2H3,(H,17,18,20). The summed E-state index contributed by atoms with van der Waals surface area (Å²) >= 11 is 2.76. The van der Waals surface area contributed by atoms with E-state index in [4.69, 9.17) is 4.42 Å². The number of thioether (sulfide) groups is 1. The number of hydrogen-bond donors (Lipinski definition) is 1. The number of carbonyl (C=O) groups is 1. The average Bonchev–Trinajstić information content (AvgIpc) is 3.25. The van der Waals surface area contributed by atoms with Crippen molar-refractivity contribution in [2.24, 2.45) is 0 Å². The second kappa shape index (κ2) is 7.60. The Morgan fingerprint density at radius 2 is 1.92 bits per heavy atom. The lowest BCUT2D eigenvalue weighted by molar-refractivity contribution is 0.0991. The van der Waals surface area contributed by atoms with Gasteiger partial charge in [-0.15, -0.1) is 10.2 Å². The second-order valence-electron chi connectivity index (χ2n) is 5.20. The zero-order chi connectivity index (χ0) is 18.7. The van der Waals surface area contributed by atoms with Crippen molar-refractivity contribution < 1.29 is 17.6 Å². The van der Waals surface area contributed by atoms with Crippen molar-refractivity contribution in [2.75, 3.05) is 11.1 Å². The first-order valence-electron chi connectivity index (χ1n) is 7.59. The van der Waals surface area contributed by atoms with Crippen molar-refractivity contribution in [3.63, 3.8) is 0 Å². The van der Waals surface area contributed by atoms with E-state index >= 15 is 0 Å². The van der Waals surface area contributed by atoms with E-state index in [0.29, 0.717) is 5.13 Å². The zero-order valence-corrected chi connectivity index (χ0v) is 16.4. The summed E-state index contributed by atoms with van der Waals surface area (Å²) in [6, 6.07) is 8.99. The maximum Gasteiger partial charge on any atom is 0.293 e. The quantitative estimate of drug-likeness (QED) is 0.490. The molecule has 3 rings (SSSR count). The fourth-order valence-electron chi connectivity index (χ4n) is 2.02. The fourth-order valence-corrected chi connectivity index (χ4v) is 4.84. The van der Waals surface area contributed by atoms with Crippen molar-refractivity contribution in [1.29, 1.82) is 0 Å². The summed E-state index contributed by atoms with van der Waals surface area (Å²) < 4.78 is 31.1. The van der Waals surface area contributed by atoms with E-state index in [1.54, 1.807) is 12.1 Å². The lowest BCUT2D eigenvalue weighted by atomic mass is 10.2. The highest BCUT2D eigenvalue weighted by Crippen LogP contribution is 2.26. The molecular weight excluding hydrogens is 394 g/mol. The number of carbonyl (C=O) groups excluding carboxylic acids is 1. The van der Waals surface area contributed by atoms with Gasteiger partial charge in [0.25, 0.3) is 5.91 Å². The van der Waals surface area contributed by atoms with Gasteiger partial charge in [0.05, 0.1) is 4.90 Å². The van der Waals surface area contributed by atoms with Crippen molar-refractivity contribution in [1.82, 2.24) is 10.2 Å². The van der Waals surface area contributed by atoms with E-state index in [-0.39, 0.29) is 15.7 Å². The van der Waals surface area contributed by atoms with Crippen LogP contribution < -0.4 is 5.32 Å². The summed E-state index contributed by atoms with van der Waals surface area (Å²) in [5, 5.41) is 10.4. The number of aromatic nitrogens is 2. The molecule has 2 aromatic heterocycles. The van der Waals surface area contributed by atoms with Crippen molar-refractivity contribution in [3.05, 3.63) is 47.7 Å². The maximum absolute atomic E-state index is 12.6. The molecule has 1 amide bonds. The molecule has 136 valence electrons. The summed E-state index contributed by atoms with van der Waals surface area (Å²) in [5.41, 5.74) is 0.945. The monoisotopic (exact) mass is 409 g/mol. The lowest BCUT2D eigenvalue weighted by Crippen LogP contribution is -2.10. The highest BCUT2D eigenvalue weighted by molar-refractivity contribution is 8.01. The summed E-state index contributed by atoms with van der Waals surface area (Å²) in [6.45, 7) is 3.85. The minimum atomic E-state index is -3.82. The van der Waals surface area contributed by atoms with Gasteiger partial charge in [0, 0.05) is 0 Å². The van der Waals surface area contributed by atoms with Crippen LogP contribution in [0.1, 0.15) is 23.0 Å². The SMILES string of the molecule is CCSc1nnc(NC(=O)c2ccc(S(=O)(=O)c3ccc(C)cc3)o2)s1. The van der Waals surface area contributed by atoms with Gasteiger partial charge in [-0.05, 0) is 36.9 Å². The number of nitrogens with one attached hydrogen (secondary N) is 1. The Morgan fingerprint density at radius 1 is 1.19 bits per heavy atom. The van der Waals surface area contributed by atoms with E-state index in [1.165, 1.54) is 47.4 Å². The van der Waals surface area contributed by atoms with Crippen molar-refractivity contribution >= 4 is 44.0 Å². The number of anilines is 1. The molecule has 0 radical (unpaired) electrons. The molecule has 0 aliphatic rings. The molecule has 10 heteroatoms. The smallest absolute Gasteiger partial charge is 0.293 e. The molecule has 0 bridgehead atoms. The molecule has 0 atom stereocenters. The van der Waals surface area contributed by atoms with Gasteiger partial charge in [-0.1, -0.05) is 47.7 Å². The summed E-state index contributed by atoms with van der Waals surface area (Å²) in [6.07, 6.45) is 0. The van der Waals surface area contributed by atoms with Crippen LogP contribution in [0.2, 0.25) is 0 Å². The molecule has 26 heavy (non-hydrogen) atoms. The average molecular weight is 410 g/mol. The molecule has 0 fully saturated rings.